The molecule has 0 saturated heterocycles. The highest BCUT2D eigenvalue weighted by molar-refractivity contribution is 7.80. The standard InChI is InChI=1S/C17H19N3O4S/c21-11-15(16(22)13-6-8-14(9-7-13)20(23)24)19-17(25)18-10-12-4-2-1-3-5-12/h1-9,15-16,21-22H,10-11H2,(H2,18,19,25). The Balaban J connectivity index is 1.93. The average Bonchev–Trinajstić information content (AvgIpc) is 2.64. The van der Waals surface area contributed by atoms with Crippen LogP contribution in [0.25, 0.3) is 0 Å². The van der Waals surface area contributed by atoms with Crippen molar-refractivity contribution < 1.29 is 15.1 Å². The van der Waals surface area contributed by atoms with E-state index in [0.29, 0.717) is 17.2 Å². The van der Waals surface area contributed by atoms with E-state index in [1.54, 1.807) is 0 Å². The number of nitro groups is 1. The van der Waals surface area contributed by atoms with E-state index < -0.39 is 17.1 Å². The third kappa shape index (κ3) is 5.49. The van der Waals surface area contributed by atoms with Gasteiger partial charge in [-0.1, -0.05) is 30.3 Å². The lowest BCUT2D eigenvalue weighted by molar-refractivity contribution is -0.384. The zero-order chi connectivity index (χ0) is 18.2. The number of nitrogens with one attached hydrogen (secondary N) is 2. The van der Waals surface area contributed by atoms with Gasteiger partial charge in [-0.25, -0.2) is 0 Å². The fraction of sp³-hybridized carbons (Fsp3) is 0.235. The number of benzene rings is 2. The summed E-state index contributed by atoms with van der Waals surface area (Å²) in [5.74, 6) is 0. The lowest BCUT2D eigenvalue weighted by Crippen LogP contribution is -2.46. The number of nitro benzene ring substituents is 1. The van der Waals surface area contributed by atoms with Crippen molar-refractivity contribution in [1.29, 1.82) is 0 Å². The normalized spacial score (nSPS) is 12.9. The first-order valence-electron chi connectivity index (χ1n) is 7.63. The molecule has 7 nitrogen and oxygen atoms in total. The molecule has 25 heavy (non-hydrogen) atoms. The Morgan fingerprint density at radius 3 is 2.36 bits per heavy atom. The van der Waals surface area contributed by atoms with Crippen molar-refractivity contribution in [3.63, 3.8) is 0 Å². The Morgan fingerprint density at radius 1 is 1.16 bits per heavy atom. The summed E-state index contributed by atoms with van der Waals surface area (Å²) in [6, 6.07) is 14.4. The number of rotatable bonds is 7. The second-order valence-electron chi connectivity index (χ2n) is 5.40. The van der Waals surface area contributed by atoms with Crippen molar-refractivity contribution in [2.75, 3.05) is 6.61 Å². The fourth-order valence-electron chi connectivity index (χ4n) is 2.25. The van der Waals surface area contributed by atoms with Crippen LogP contribution in [0.15, 0.2) is 54.6 Å². The minimum absolute atomic E-state index is 0.0653. The molecular formula is C17H19N3O4S. The van der Waals surface area contributed by atoms with E-state index in [1.807, 2.05) is 30.3 Å². The maximum Gasteiger partial charge on any atom is 0.269 e. The zero-order valence-corrected chi connectivity index (χ0v) is 14.1. The molecule has 0 amide bonds. The van der Waals surface area contributed by atoms with Gasteiger partial charge < -0.3 is 20.8 Å². The Kier molecular flexibility index (Phi) is 6.81. The maximum atomic E-state index is 10.7. The largest absolute Gasteiger partial charge is 0.394 e. The number of nitrogens with zero attached hydrogens (tertiary/aromatic N) is 1. The highest BCUT2D eigenvalue weighted by atomic mass is 32.1. The molecule has 2 atom stereocenters. The number of thiocarbonyl (C=S) groups is 1. The van der Waals surface area contributed by atoms with E-state index in [4.69, 9.17) is 12.2 Å². The molecule has 2 aromatic carbocycles. The van der Waals surface area contributed by atoms with E-state index >= 15 is 0 Å². The average molecular weight is 361 g/mol. The lowest BCUT2D eigenvalue weighted by atomic mass is 10.0. The van der Waals surface area contributed by atoms with Crippen LogP contribution in [0.2, 0.25) is 0 Å². The Hall–Kier alpha value is -2.55. The summed E-state index contributed by atoms with van der Waals surface area (Å²) in [4.78, 5) is 10.2. The van der Waals surface area contributed by atoms with E-state index in [9.17, 15) is 20.3 Å². The first-order valence-corrected chi connectivity index (χ1v) is 8.03. The van der Waals surface area contributed by atoms with Gasteiger partial charge in [-0.05, 0) is 35.5 Å². The van der Waals surface area contributed by atoms with Gasteiger partial charge in [0.25, 0.3) is 5.69 Å². The van der Waals surface area contributed by atoms with Crippen LogP contribution in [0, 0.1) is 10.1 Å². The van der Waals surface area contributed by atoms with Gasteiger partial charge in [0.2, 0.25) is 0 Å². The van der Waals surface area contributed by atoms with Gasteiger partial charge in [0, 0.05) is 18.7 Å². The Bertz CT molecular complexity index is 710. The van der Waals surface area contributed by atoms with Crippen molar-refractivity contribution in [3.8, 4) is 0 Å². The summed E-state index contributed by atoms with van der Waals surface area (Å²) in [6.45, 7) is 0.157. The van der Waals surface area contributed by atoms with Crippen LogP contribution >= 0.6 is 12.2 Å². The van der Waals surface area contributed by atoms with E-state index in [1.165, 1.54) is 24.3 Å². The zero-order valence-electron chi connectivity index (χ0n) is 13.3. The van der Waals surface area contributed by atoms with Crippen LogP contribution < -0.4 is 10.6 Å². The quantitative estimate of drug-likeness (QED) is 0.337. The van der Waals surface area contributed by atoms with Crippen LogP contribution in [-0.4, -0.2) is 32.9 Å². The van der Waals surface area contributed by atoms with Crippen molar-refractivity contribution in [1.82, 2.24) is 10.6 Å². The van der Waals surface area contributed by atoms with Crippen LogP contribution in [0.5, 0.6) is 0 Å². The fourth-order valence-corrected chi connectivity index (χ4v) is 2.47. The van der Waals surface area contributed by atoms with Crippen LogP contribution in [-0.2, 0) is 6.54 Å². The van der Waals surface area contributed by atoms with E-state index in [0.717, 1.165) is 5.56 Å². The SMILES string of the molecule is O=[N+]([O-])c1ccc(C(O)C(CO)NC(=S)NCc2ccccc2)cc1. The number of hydrogen-bond acceptors (Lipinski definition) is 5. The second kappa shape index (κ2) is 9.07. The third-order valence-electron chi connectivity index (χ3n) is 3.64. The van der Waals surface area contributed by atoms with Crippen LogP contribution in [0.1, 0.15) is 17.2 Å². The molecule has 4 N–H and O–H groups in total. The lowest BCUT2D eigenvalue weighted by Gasteiger charge is -2.24. The van der Waals surface area contributed by atoms with E-state index in [-0.39, 0.29) is 12.3 Å². The Morgan fingerprint density at radius 2 is 1.80 bits per heavy atom. The van der Waals surface area contributed by atoms with Gasteiger partial charge in [-0.15, -0.1) is 0 Å². The van der Waals surface area contributed by atoms with Gasteiger partial charge in [0.15, 0.2) is 5.11 Å². The van der Waals surface area contributed by atoms with Gasteiger partial charge in [0.1, 0.15) is 6.10 Å². The molecule has 132 valence electrons. The molecule has 0 aliphatic heterocycles. The summed E-state index contributed by atoms with van der Waals surface area (Å²) < 4.78 is 0. The number of aliphatic hydroxyl groups is 2. The summed E-state index contributed by atoms with van der Waals surface area (Å²) in [5.41, 5.74) is 1.43. The van der Waals surface area contributed by atoms with Gasteiger partial charge in [0.05, 0.1) is 17.6 Å². The Labute approximate surface area is 150 Å². The molecule has 8 heteroatoms. The first-order chi connectivity index (χ1) is 12.0. The topological polar surface area (TPSA) is 108 Å². The van der Waals surface area contributed by atoms with Crippen LogP contribution in [0.3, 0.4) is 0 Å². The minimum Gasteiger partial charge on any atom is -0.394 e. The van der Waals surface area contributed by atoms with E-state index in [2.05, 4.69) is 10.6 Å². The number of non-ortho nitro benzene ring substituents is 1. The molecule has 0 radical (unpaired) electrons. The smallest absolute Gasteiger partial charge is 0.269 e. The molecule has 2 unspecified atom stereocenters. The first kappa shape index (κ1) is 18.8. The molecule has 0 saturated carbocycles. The summed E-state index contributed by atoms with van der Waals surface area (Å²) in [6.07, 6.45) is -1.07. The van der Waals surface area contributed by atoms with Crippen molar-refractivity contribution in [3.05, 3.63) is 75.8 Å². The van der Waals surface area contributed by atoms with Gasteiger partial charge in [-0.2, -0.15) is 0 Å². The summed E-state index contributed by atoms with van der Waals surface area (Å²) >= 11 is 5.19. The molecule has 0 aromatic heterocycles. The number of hydrogen-bond donors (Lipinski definition) is 4. The molecular weight excluding hydrogens is 342 g/mol. The predicted octanol–water partition coefficient (Wildman–Crippen LogP) is 1.65. The molecule has 0 bridgehead atoms. The molecule has 0 aliphatic carbocycles. The van der Waals surface area contributed by atoms with Crippen molar-refractivity contribution in [2.45, 2.75) is 18.7 Å². The highest BCUT2D eigenvalue weighted by Gasteiger charge is 2.21. The maximum absolute atomic E-state index is 10.7. The molecule has 0 heterocycles. The molecule has 2 rings (SSSR count). The van der Waals surface area contributed by atoms with Gasteiger partial charge in [-0.3, -0.25) is 10.1 Å². The summed E-state index contributed by atoms with van der Waals surface area (Å²) in [5, 5.41) is 36.7. The molecule has 0 fully saturated rings. The highest BCUT2D eigenvalue weighted by Crippen LogP contribution is 2.20. The van der Waals surface area contributed by atoms with Gasteiger partial charge >= 0.3 is 0 Å². The predicted molar refractivity (Wildman–Crippen MR) is 97.9 cm³/mol. The van der Waals surface area contributed by atoms with Crippen molar-refractivity contribution in [2.24, 2.45) is 0 Å². The number of aliphatic hydroxyl groups excluding tert-OH is 2. The molecule has 0 spiro atoms. The minimum atomic E-state index is -1.07. The van der Waals surface area contributed by atoms with Crippen LogP contribution in [0.4, 0.5) is 5.69 Å². The monoisotopic (exact) mass is 361 g/mol. The second-order valence-corrected chi connectivity index (χ2v) is 5.80. The molecule has 2 aromatic rings. The third-order valence-corrected chi connectivity index (χ3v) is 3.90. The van der Waals surface area contributed by atoms with Crippen molar-refractivity contribution >= 4 is 23.0 Å². The molecule has 0 aliphatic rings. The summed E-state index contributed by atoms with van der Waals surface area (Å²) in [7, 11) is 0.